The topological polar surface area (TPSA) is 155 Å². The second-order valence-electron chi connectivity index (χ2n) is 19.0. The first-order valence-corrected chi connectivity index (χ1v) is 22.8. The summed E-state index contributed by atoms with van der Waals surface area (Å²) in [7, 11) is 0. The van der Waals surface area contributed by atoms with E-state index in [-0.39, 0.29) is 24.2 Å². The lowest BCUT2D eigenvalue weighted by atomic mass is 9.71. The zero-order valence-electron chi connectivity index (χ0n) is 36.3. The molecule has 6 aliphatic rings. The fourth-order valence-corrected chi connectivity index (χ4v) is 10.9. The quantitative estimate of drug-likeness (QED) is 0.198. The molecule has 4 aromatic rings. The van der Waals surface area contributed by atoms with Gasteiger partial charge < -0.3 is 14.5 Å². The van der Waals surface area contributed by atoms with Gasteiger partial charge >= 0.3 is 0 Å². The van der Waals surface area contributed by atoms with E-state index in [9.17, 15) is 24.4 Å². The van der Waals surface area contributed by atoms with Crippen LogP contribution in [0.4, 0.5) is 11.6 Å². The van der Waals surface area contributed by atoms with Crippen LogP contribution in [0.2, 0.25) is 5.02 Å². The number of nitrogens with zero attached hydrogens (tertiary/aromatic N) is 8. The van der Waals surface area contributed by atoms with E-state index in [0.29, 0.717) is 45.8 Å². The van der Waals surface area contributed by atoms with E-state index in [1.165, 1.54) is 12.8 Å². The smallest absolute Gasteiger partial charge is 0.262 e. The van der Waals surface area contributed by atoms with Crippen LogP contribution in [0.15, 0.2) is 72.9 Å². The minimum Gasteiger partial charge on any atom is -0.487 e. The highest BCUT2D eigenvalue weighted by atomic mass is 35.5. The lowest BCUT2D eigenvalue weighted by molar-refractivity contribution is -0.136. The predicted octanol–water partition coefficient (Wildman–Crippen LogP) is 5.56. The average molecular weight is 882 g/mol. The monoisotopic (exact) mass is 881 g/mol. The molecule has 0 bridgehead atoms. The van der Waals surface area contributed by atoms with Gasteiger partial charge in [0.15, 0.2) is 0 Å². The zero-order valence-corrected chi connectivity index (χ0v) is 37.0. The van der Waals surface area contributed by atoms with Crippen LogP contribution in [0.1, 0.15) is 95.5 Å². The highest BCUT2D eigenvalue weighted by Crippen LogP contribution is 2.44. The van der Waals surface area contributed by atoms with E-state index >= 15 is 0 Å². The highest BCUT2D eigenvalue weighted by molar-refractivity contribution is 6.30. The molecule has 1 unspecified atom stereocenters. The maximum atomic E-state index is 13.3. The van der Waals surface area contributed by atoms with Crippen LogP contribution in [0.5, 0.6) is 5.75 Å². The number of likely N-dealkylation sites (tertiary alicyclic amines) is 2. The molecule has 64 heavy (non-hydrogen) atoms. The summed E-state index contributed by atoms with van der Waals surface area (Å²) in [4.78, 5) is 71.0. The first kappa shape index (κ1) is 42.1. The second kappa shape index (κ2) is 16.6. The van der Waals surface area contributed by atoms with Crippen molar-refractivity contribution in [3.8, 4) is 11.8 Å². The summed E-state index contributed by atoms with van der Waals surface area (Å²) in [5.74, 6) is -0.400. The Bertz CT molecular complexity index is 2550. The highest BCUT2D eigenvalue weighted by Gasteiger charge is 2.49. The van der Waals surface area contributed by atoms with Gasteiger partial charge in [-0.2, -0.15) is 5.26 Å². The van der Waals surface area contributed by atoms with Gasteiger partial charge in [0, 0.05) is 93.2 Å². The summed E-state index contributed by atoms with van der Waals surface area (Å²) in [6.45, 7) is 12.7. The summed E-state index contributed by atoms with van der Waals surface area (Å²) >= 11 is 6.31. The molecule has 5 fully saturated rings. The molecule has 14 nitrogen and oxygen atoms in total. The van der Waals surface area contributed by atoms with Crippen molar-refractivity contribution in [2.45, 2.75) is 82.5 Å². The fourth-order valence-electron chi connectivity index (χ4n) is 10.7. The number of benzene rings is 3. The number of rotatable bonds is 10. The number of halogens is 1. The lowest BCUT2D eigenvalue weighted by Gasteiger charge is -2.58. The molecule has 7 heterocycles. The number of anilines is 2. The third-order valence-electron chi connectivity index (χ3n) is 14.8. The summed E-state index contributed by atoms with van der Waals surface area (Å²) in [6, 6.07) is 23.2. The lowest BCUT2D eigenvalue weighted by Crippen LogP contribution is -2.66. The number of piperidine rings is 3. The molecule has 3 aromatic carbocycles. The van der Waals surface area contributed by atoms with Crippen molar-refractivity contribution in [1.29, 1.82) is 5.26 Å². The fraction of sp³-hybridized carbons (Fsp3) is 0.449. The molecule has 15 heteroatoms. The van der Waals surface area contributed by atoms with E-state index in [2.05, 4.69) is 61.9 Å². The number of hydrogen-bond acceptors (Lipinski definition) is 12. The van der Waals surface area contributed by atoms with E-state index in [1.54, 1.807) is 18.2 Å². The number of carbonyl (C=O) groups is 4. The van der Waals surface area contributed by atoms with Gasteiger partial charge in [-0.1, -0.05) is 37.6 Å². The first-order valence-electron chi connectivity index (χ1n) is 22.5. The summed E-state index contributed by atoms with van der Waals surface area (Å²) in [5, 5.41) is 12.2. The molecule has 0 radical (unpaired) electrons. The maximum Gasteiger partial charge on any atom is 0.262 e. The predicted molar refractivity (Wildman–Crippen MR) is 240 cm³/mol. The molecule has 1 aromatic heterocycles. The summed E-state index contributed by atoms with van der Waals surface area (Å²) < 4.78 is 6.17. The number of imide groups is 2. The van der Waals surface area contributed by atoms with Crippen molar-refractivity contribution in [1.82, 2.24) is 30.0 Å². The molecule has 1 spiro atoms. The van der Waals surface area contributed by atoms with Gasteiger partial charge in [-0.25, -0.2) is 9.97 Å². The molecule has 330 valence electrons. The van der Waals surface area contributed by atoms with Gasteiger partial charge in [-0.3, -0.25) is 39.2 Å². The minimum absolute atomic E-state index is 0.101. The van der Waals surface area contributed by atoms with Crippen molar-refractivity contribution in [3.63, 3.8) is 0 Å². The maximum absolute atomic E-state index is 13.3. The van der Waals surface area contributed by atoms with Crippen molar-refractivity contribution in [2.24, 2.45) is 5.41 Å². The number of fused-ring (bicyclic) bond motifs is 1. The van der Waals surface area contributed by atoms with Crippen LogP contribution < -0.4 is 19.9 Å². The van der Waals surface area contributed by atoms with Crippen molar-refractivity contribution >= 4 is 46.9 Å². The third kappa shape index (κ3) is 7.88. The number of amides is 4. The Kier molecular flexibility index (Phi) is 10.9. The van der Waals surface area contributed by atoms with Crippen molar-refractivity contribution in [2.75, 3.05) is 62.2 Å². The molecule has 5 saturated heterocycles. The van der Waals surface area contributed by atoms with Crippen LogP contribution in [0.3, 0.4) is 0 Å². The van der Waals surface area contributed by atoms with E-state index < -0.39 is 23.8 Å². The van der Waals surface area contributed by atoms with Crippen LogP contribution in [-0.4, -0.2) is 119 Å². The first-order chi connectivity index (χ1) is 30.9. The van der Waals surface area contributed by atoms with Crippen LogP contribution in [-0.2, 0) is 21.6 Å². The van der Waals surface area contributed by atoms with E-state index in [0.717, 1.165) is 104 Å². The van der Waals surface area contributed by atoms with Gasteiger partial charge in [0.2, 0.25) is 17.8 Å². The van der Waals surface area contributed by atoms with Gasteiger partial charge in [0.25, 0.3) is 11.8 Å². The summed E-state index contributed by atoms with van der Waals surface area (Å²) in [5.41, 5.74) is 5.03. The Labute approximate surface area is 378 Å². The molecule has 0 aliphatic carbocycles. The average Bonchev–Trinajstić information content (AvgIpc) is 3.52. The molecule has 1 N–H and O–H groups in total. The second-order valence-corrected chi connectivity index (χ2v) is 19.5. The molecule has 6 aliphatic heterocycles. The zero-order chi connectivity index (χ0) is 44.3. The third-order valence-corrected chi connectivity index (χ3v) is 15.0. The van der Waals surface area contributed by atoms with Crippen molar-refractivity contribution < 1.29 is 23.9 Å². The van der Waals surface area contributed by atoms with Gasteiger partial charge in [0.1, 0.15) is 18.4 Å². The van der Waals surface area contributed by atoms with Gasteiger partial charge in [-0.15, -0.1) is 0 Å². The molecule has 10 rings (SSSR count). The largest absolute Gasteiger partial charge is 0.487 e. The SMILES string of the molecule is CC(C)(c1ccc(OCc2ccnc(N3CCC4(CC3)CN(C3CCN(C5CN(c6ccc7c(c6)C(=O)N(C6CCC(=O)NC6=O)C7=O)C5)CC3)C4)n2)cc1)c1cc(Cl)cc(C#N)c1. The van der Waals surface area contributed by atoms with E-state index in [1.807, 2.05) is 42.6 Å². The number of nitriles is 1. The number of ether oxygens (including phenoxy) is 1. The Morgan fingerprint density at radius 1 is 0.828 bits per heavy atom. The van der Waals surface area contributed by atoms with Crippen LogP contribution in [0.25, 0.3) is 0 Å². The Morgan fingerprint density at radius 2 is 1.56 bits per heavy atom. The summed E-state index contributed by atoms with van der Waals surface area (Å²) in [6.07, 6.45) is 6.69. The number of nitrogens with one attached hydrogen (secondary N) is 1. The van der Waals surface area contributed by atoms with Crippen LogP contribution >= 0.6 is 11.6 Å². The minimum atomic E-state index is -0.961. The Hall–Kier alpha value is -5.88. The Morgan fingerprint density at radius 3 is 2.28 bits per heavy atom. The van der Waals surface area contributed by atoms with E-state index in [4.69, 9.17) is 21.3 Å². The Balaban J connectivity index is 0.655. The molecule has 1 atom stereocenters. The molecule has 4 amide bonds. The number of aromatic nitrogens is 2. The van der Waals surface area contributed by atoms with Gasteiger partial charge in [-0.05, 0) is 103 Å². The van der Waals surface area contributed by atoms with Crippen molar-refractivity contribution in [3.05, 3.63) is 111 Å². The molecular formula is C49H52ClN9O5. The van der Waals surface area contributed by atoms with Crippen LogP contribution in [0, 0.1) is 16.7 Å². The standard InChI is InChI=1S/C49H52ClN9O5/c1-48(2,33-21-31(25-51)22-34(50)23-33)32-3-6-39(7-4-32)64-28-35-11-16-52-47(53-35)56-19-14-49(15-20-56)29-58(30-49)36-12-17-55(18-13-36)38-26-57(27-38)37-5-8-40-41(24-37)46(63)59(45(40)62)42-9-10-43(60)54-44(42)61/h3-8,11,16,21-24,36,38,42H,9-10,12-15,17-20,26-30H2,1-2H3,(H,54,60,61). The molecular weight excluding hydrogens is 830 g/mol. The number of hydrogen-bond donors (Lipinski definition) is 1. The number of carbonyl (C=O) groups excluding carboxylic acids is 4. The normalized spacial score (nSPS) is 22.0. The molecule has 0 saturated carbocycles. The van der Waals surface area contributed by atoms with Gasteiger partial charge in [0.05, 0.1) is 28.5 Å².